The highest BCUT2D eigenvalue weighted by molar-refractivity contribution is 6.19. The number of nitrogens with one attached hydrogen (secondary N) is 2. The Balaban J connectivity index is 2.00. The van der Waals surface area contributed by atoms with Gasteiger partial charge >= 0.3 is 0 Å². The van der Waals surface area contributed by atoms with Crippen molar-refractivity contribution in [2.45, 2.75) is 19.8 Å². The fourth-order valence-corrected chi connectivity index (χ4v) is 1.25. The first-order chi connectivity index (χ1) is 7.15. The van der Waals surface area contributed by atoms with Crippen molar-refractivity contribution in [2.75, 3.05) is 19.0 Å². The number of halogens is 1. The lowest BCUT2D eigenvalue weighted by Crippen LogP contribution is -2.37. The van der Waals surface area contributed by atoms with Crippen LogP contribution < -0.4 is 10.6 Å². The Morgan fingerprint density at radius 2 is 1.93 bits per heavy atom. The van der Waals surface area contributed by atoms with Crippen LogP contribution in [0.3, 0.4) is 0 Å². The molecular formula is C10H17ClN2O2. The van der Waals surface area contributed by atoms with Crippen molar-refractivity contribution >= 4 is 23.4 Å². The number of alkyl halides is 1. The van der Waals surface area contributed by atoms with E-state index in [0.717, 1.165) is 12.8 Å². The lowest BCUT2D eigenvalue weighted by Gasteiger charge is -2.09. The van der Waals surface area contributed by atoms with E-state index >= 15 is 0 Å². The third-order valence-corrected chi connectivity index (χ3v) is 2.81. The monoisotopic (exact) mass is 232 g/mol. The molecule has 0 aromatic carbocycles. The van der Waals surface area contributed by atoms with Gasteiger partial charge in [0.05, 0.1) is 0 Å². The van der Waals surface area contributed by atoms with Gasteiger partial charge in [0.25, 0.3) is 0 Å². The Hall–Kier alpha value is -0.770. The van der Waals surface area contributed by atoms with Crippen LogP contribution in [-0.4, -0.2) is 30.8 Å². The van der Waals surface area contributed by atoms with Gasteiger partial charge in [0.15, 0.2) is 0 Å². The molecule has 1 fully saturated rings. The van der Waals surface area contributed by atoms with E-state index in [0.29, 0.717) is 19.0 Å². The second-order valence-corrected chi connectivity index (χ2v) is 4.22. The van der Waals surface area contributed by atoms with Gasteiger partial charge in [-0.05, 0) is 12.8 Å². The predicted octanol–water partition coefficient (Wildman–Crippen LogP) is 0.504. The minimum atomic E-state index is -0.175. The molecular weight excluding hydrogens is 216 g/mol. The second-order valence-electron chi connectivity index (χ2n) is 3.91. The molecule has 0 aromatic heterocycles. The van der Waals surface area contributed by atoms with Crippen LogP contribution in [0, 0.1) is 11.8 Å². The van der Waals surface area contributed by atoms with Crippen LogP contribution in [0.2, 0.25) is 0 Å². The molecule has 1 aliphatic carbocycles. The summed E-state index contributed by atoms with van der Waals surface area (Å²) in [7, 11) is 0. The number of carbonyl (C=O) groups is 2. The van der Waals surface area contributed by atoms with Crippen molar-refractivity contribution in [1.29, 1.82) is 0 Å². The van der Waals surface area contributed by atoms with Crippen molar-refractivity contribution in [3.63, 3.8) is 0 Å². The summed E-state index contributed by atoms with van der Waals surface area (Å²) in [5.74, 6) is 0.411. The van der Waals surface area contributed by atoms with Crippen molar-refractivity contribution in [1.82, 2.24) is 10.6 Å². The maximum absolute atomic E-state index is 11.3. The van der Waals surface area contributed by atoms with E-state index < -0.39 is 0 Å². The summed E-state index contributed by atoms with van der Waals surface area (Å²) >= 11 is 5.53. The minimum absolute atomic E-state index is 0.0642. The molecule has 2 amide bonds. The van der Waals surface area contributed by atoms with Gasteiger partial charge in [-0.25, -0.2) is 0 Å². The summed E-state index contributed by atoms with van der Waals surface area (Å²) in [4.78, 5) is 22.5. The molecule has 2 N–H and O–H groups in total. The molecule has 15 heavy (non-hydrogen) atoms. The SMILES string of the molecule is CC(CCl)C(=O)NCCNC(=O)C1CC1. The minimum Gasteiger partial charge on any atom is -0.354 e. The molecule has 1 atom stereocenters. The molecule has 0 bridgehead atoms. The van der Waals surface area contributed by atoms with E-state index in [1.807, 2.05) is 0 Å². The van der Waals surface area contributed by atoms with Gasteiger partial charge in [0, 0.05) is 30.8 Å². The zero-order valence-electron chi connectivity index (χ0n) is 8.88. The molecule has 0 spiro atoms. The van der Waals surface area contributed by atoms with Gasteiger partial charge in [-0.1, -0.05) is 6.92 Å². The average molecular weight is 233 g/mol. The molecule has 86 valence electrons. The third-order valence-electron chi connectivity index (χ3n) is 2.35. The highest BCUT2D eigenvalue weighted by Gasteiger charge is 2.28. The van der Waals surface area contributed by atoms with E-state index in [2.05, 4.69) is 10.6 Å². The predicted molar refractivity (Wildman–Crippen MR) is 58.6 cm³/mol. The van der Waals surface area contributed by atoms with Crippen LogP contribution in [0.5, 0.6) is 0 Å². The molecule has 1 aliphatic rings. The summed E-state index contributed by atoms with van der Waals surface area (Å²) in [5.41, 5.74) is 0. The molecule has 0 aliphatic heterocycles. The normalized spacial score (nSPS) is 16.9. The zero-order valence-corrected chi connectivity index (χ0v) is 9.64. The number of rotatable bonds is 6. The van der Waals surface area contributed by atoms with Gasteiger partial charge in [-0.15, -0.1) is 11.6 Å². The second kappa shape index (κ2) is 5.95. The third kappa shape index (κ3) is 4.51. The number of hydrogen-bond donors (Lipinski definition) is 2. The quantitative estimate of drug-likeness (QED) is 0.518. The van der Waals surface area contributed by atoms with Crippen LogP contribution in [0.15, 0.2) is 0 Å². The average Bonchev–Trinajstić information content (AvgIpc) is 3.06. The summed E-state index contributed by atoms with van der Waals surface area (Å²) in [5, 5.41) is 5.48. The van der Waals surface area contributed by atoms with E-state index in [-0.39, 0.29) is 23.7 Å². The van der Waals surface area contributed by atoms with E-state index in [4.69, 9.17) is 11.6 Å². The molecule has 0 radical (unpaired) electrons. The fourth-order valence-electron chi connectivity index (χ4n) is 1.11. The summed E-state index contributed by atoms with van der Waals surface area (Å²) in [6, 6.07) is 0. The van der Waals surface area contributed by atoms with Gasteiger partial charge in [0.1, 0.15) is 0 Å². The Morgan fingerprint density at radius 1 is 1.33 bits per heavy atom. The molecule has 4 nitrogen and oxygen atoms in total. The number of hydrogen-bond acceptors (Lipinski definition) is 2. The maximum atomic E-state index is 11.3. The van der Waals surface area contributed by atoms with Gasteiger partial charge < -0.3 is 10.6 Å². The Kier molecular flexibility index (Phi) is 4.88. The topological polar surface area (TPSA) is 58.2 Å². The van der Waals surface area contributed by atoms with E-state index in [1.165, 1.54) is 0 Å². The van der Waals surface area contributed by atoms with E-state index in [1.54, 1.807) is 6.92 Å². The fraction of sp³-hybridized carbons (Fsp3) is 0.800. The number of amides is 2. The first-order valence-electron chi connectivity index (χ1n) is 5.26. The lowest BCUT2D eigenvalue weighted by molar-refractivity contribution is -0.125. The summed E-state index contributed by atoms with van der Waals surface area (Å²) in [6.45, 7) is 2.74. The number of carbonyl (C=O) groups excluding carboxylic acids is 2. The molecule has 0 heterocycles. The molecule has 5 heteroatoms. The Bertz CT molecular complexity index is 242. The zero-order chi connectivity index (χ0) is 11.3. The molecule has 1 unspecified atom stereocenters. The smallest absolute Gasteiger partial charge is 0.224 e. The van der Waals surface area contributed by atoms with Gasteiger partial charge in [-0.3, -0.25) is 9.59 Å². The van der Waals surface area contributed by atoms with Crippen LogP contribution in [0.4, 0.5) is 0 Å². The van der Waals surface area contributed by atoms with Gasteiger partial charge in [-0.2, -0.15) is 0 Å². The van der Waals surface area contributed by atoms with Crippen LogP contribution in [-0.2, 0) is 9.59 Å². The molecule has 0 aromatic rings. The standard InChI is InChI=1S/C10H17ClN2O2/c1-7(6-11)9(14)12-4-5-13-10(15)8-2-3-8/h7-8H,2-6H2,1H3,(H,12,14)(H,13,15). The van der Waals surface area contributed by atoms with Crippen LogP contribution in [0.25, 0.3) is 0 Å². The molecule has 0 saturated heterocycles. The first-order valence-corrected chi connectivity index (χ1v) is 5.80. The van der Waals surface area contributed by atoms with Crippen molar-refractivity contribution in [3.8, 4) is 0 Å². The van der Waals surface area contributed by atoms with E-state index in [9.17, 15) is 9.59 Å². The molecule has 1 saturated carbocycles. The highest BCUT2D eigenvalue weighted by Crippen LogP contribution is 2.28. The van der Waals surface area contributed by atoms with Crippen LogP contribution in [0.1, 0.15) is 19.8 Å². The lowest BCUT2D eigenvalue weighted by atomic mass is 10.2. The van der Waals surface area contributed by atoms with Crippen LogP contribution >= 0.6 is 11.6 Å². The summed E-state index contributed by atoms with van der Waals surface area (Å²) in [6.07, 6.45) is 2.00. The first kappa shape index (κ1) is 12.3. The van der Waals surface area contributed by atoms with Crippen molar-refractivity contribution in [3.05, 3.63) is 0 Å². The van der Waals surface area contributed by atoms with Gasteiger partial charge in [0.2, 0.25) is 11.8 Å². The summed E-state index contributed by atoms with van der Waals surface area (Å²) < 4.78 is 0. The Labute approximate surface area is 94.7 Å². The Morgan fingerprint density at radius 3 is 2.47 bits per heavy atom. The molecule has 1 rings (SSSR count). The van der Waals surface area contributed by atoms with Crippen molar-refractivity contribution in [2.24, 2.45) is 11.8 Å². The van der Waals surface area contributed by atoms with Crippen molar-refractivity contribution < 1.29 is 9.59 Å². The largest absolute Gasteiger partial charge is 0.354 e. The highest BCUT2D eigenvalue weighted by atomic mass is 35.5. The maximum Gasteiger partial charge on any atom is 0.224 e.